The number of benzene rings is 2. The van der Waals surface area contributed by atoms with Crippen LogP contribution in [0.2, 0.25) is 5.02 Å². The Balaban J connectivity index is 2.23. The van der Waals surface area contributed by atoms with Gasteiger partial charge in [0.1, 0.15) is 11.5 Å². The Morgan fingerprint density at radius 2 is 1.90 bits per heavy atom. The Hall–Kier alpha value is -1.73. The van der Waals surface area contributed by atoms with E-state index in [4.69, 9.17) is 16.3 Å². The first-order valence-electron chi connectivity index (χ1n) is 7.39. The number of hydrogen-bond donors (Lipinski definition) is 0. The molecule has 0 unspecified atom stereocenters. The van der Waals surface area contributed by atoms with Gasteiger partial charge in [0.05, 0.1) is 0 Å². The van der Waals surface area contributed by atoms with Crippen LogP contribution in [-0.2, 0) is 0 Å². The van der Waals surface area contributed by atoms with Crippen LogP contribution in [0.15, 0.2) is 54.6 Å². The van der Waals surface area contributed by atoms with Crippen LogP contribution < -0.4 is 4.74 Å². The molecule has 2 aromatic carbocycles. The maximum absolute atomic E-state index is 6.09. The van der Waals surface area contributed by atoms with Crippen molar-refractivity contribution in [1.82, 2.24) is 0 Å². The van der Waals surface area contributed by atoms with E-state index in [-0.39, 0.29) is 0 Å². The molecule has 110 valence electrons. The minimum absolute atomic E-state index is 0.738. The van der Waals surface area contributed by atoms with Crippen LogP contribution >= 0.6 is 11.6 Å². The summed E-state index contributed by atoms with van der Waals surface area (Å²) < 4.78 is 6.09. The van der Waals surface area contributed by atoms with Gasteiger partial charge in [-0.2, -0.15) is 0 Å². The van der Waals surface area contributed by atoms with Gasteiger partial charge in [-0.1, -0.05) is 37.1 Å². The smallest absolute Gasteiger partial charge is 0.130 e. The maximum Gasteiger partial charge on any atom is 0.130 e. The number of ether oxygens (including phenoxy) is 1. The van der Waals surface area contributed by atoms with Gasteiger partial charge in [-0.05, 0) is 67.8 Å². The summed E-state index contributed by atoms with van der Waals surface area (Å²) in [5.74, 6) is 1.76. The SMILES string of the molecule is CCCC/C=C(\Oc1cccc(C)c1)c1ccc(Cl)cc1. The van der Waals surface area contributed by atoms with E-state index in [0.717, 1.165) is 34.9 Å². The maximum atomic E-state index is 6.09. The Morgan fingerprint density at radius 3 is 2.57 bits per heavy atom. The Labute approximate surface area is 132 Å². The standard InChI is InChI=1S/C19H21ClO/c1-3-4-5-9-19(16-10-12-17(20)13-11-16)21-18-8-6-7-15(2)14-18/h6-14H,3-5H2,1-2H3/b19-9-. The van der Waals surface area contributed by atoms with Crippen molar-refractivity contribution in [3.05, 3.63) is 70.8 Å². The van der Waals surface area contributed by atoms with Gasteiger partial charge in [0.25, 0.3) is 0 Å². The van der Waals surface area contributed by atoms with E-state index in [0.29, 0.717) is 0 Å². The first-order chi connectivity index (χ1) is 10.2. The van der Waals surface area contributed by atoms with Crippen molar-refractivity contribution in [3.63, 3.8) is 0 Å². The zero-order valence-electron chi connectivity index (χ0n) is 12.6. The number of hydrogen-bond acceptors (Lipinski definition) is 1. The normalized spacial score (nSPS) is 11.5. The molecular formula is C19H21ClO. The van der Waals surface area contributed by atoms with Crippen molar-refractivity contribution in [2.24, 2.45) is 0 Å². The van der Waals surface area contributed by atoms with E-state index in [1.54, 1.807) is 0 Å². The monoisotopic (exact) mass is 300 g/mol. The van der Waals surface area contributed by atoms with E-state index in [2.05, 4.69) is 26.0 Å². The van der Waals surface area contributed by atoms with E-state index in [9.17, 15) is 0 Å². The molecule has 0 saturated heterocycles. The van der Waals surface area contributed by atoms with E-state index >= 15 is 0 Å². The van der Waals surface area contributed by atoms with Crippen LogP contribution in [0.1, 0.15) is 37.3 Å². The Morgan fingerprint density at radius 1 is 1.14 bits per heavy atom. The third-order valence-electron chi connectivity index (χ3n) is 3.23. The van der Waals surface area contributed by atoms with Crippen LogP contribution in [0.4, 0.5) is 0 Å². The van der Waals surface area contributed by atoms with Crippen molar-refractivity contribution < 1.29 is 4.74 Å². The molecule has 0 bridgehead atoms. The first kappa shape index (κ1) is 15.7. The molecule has 0 aliphatic heterocycles. The Bertz CT molecular complexity index is 599. The summed E-state index contributed by atoms with van der Waals surface area (Å²) in [6, 6.07) is 15.9. The van der Waals surface area contributed by atoms with E-state index in [1.807, 2.05) is 42.5 Å². The second-order valence-corrected chi connectivity index (χ2v) is 5.57. The molecule has 0 N–H and O–H groups in total. The highest BCUT2D eigenvalue weighted by Gasteiger charge is 2.05. The van der Waals surface area contributed by atoms with Crippen LogP contribution in [0, 0.1) is 6.92 Å². The predicted octanol–water partition coefficient (Wildman–Crippen LogP) is 6.26. The minimum Gasteiger partial charge on any atom is -0.457 e. The Kier molecular flexibility index (Phi) is 5.89. The number of halogens is 1. The summed E-state index contributed by atoms with van der Waals surface area (Å²) in [7, 11) is 0. The fraction of sp³-hybridized carbons (Fsp3) is 0.263. The minimum atomic E-state index is 0.738. The zero-order valence-corrected chi connectivity index (χ0v) is 13.4. The largest absolute Gasteiger partial charge is 0.457 e. The van der Waals surface area contributed by atoms with Crippen molar-refractivity contribution in [2.45, 2.75) is 33.1 Å². The number of rotatable bonds is 6. The predicted molar refractivity (Wildman–Crippen MR) is 90.8 cm³/mol. The molecule has 0 amide bonds. The van der Waals surface area contributed by atoms with Gasteiger partial charge in [-0.25, -0.2) is 0 Å². The van der Waals surface area contributed by atoms with Gasteiger partial charge >= 0.3 is 0 Å². The molecule has 0 aliphatic carbocycles. The lowest BCUT2D eigenvalue weighted by Gasteiger charge is -2.11. The van der Waals surface area contributed by atoms with E-state index in [1.165, 1.54) is 12.0 Å². The fourth-order valence-corrected chi connectivity index (χ4v) is 2.20. The molecule has 0 fully saturated rings. The highest BCUT2D eigenvalue weighted by molar-refractivity contribution is 6.30. The van der Waals surface area contributed by atoms with Crippen molar-refractivity contribution in [1.29, 1.82) is 0 Å². The summed E-state index contributed by atoms with van der Waals surface area (Å²) >= 11 is 5.96. The van der Waals surface area contributed by atoms with Crippen LogP contribution in [0.3, 0.4) is 0 Å². The lowest BCUT2D eigenvalue weighted by atomic mass is 10.1. The second-order valence-electron chi connectivity index (χ2n) is 5.14. The third kappa shape index (κ3) is 4.95. The lowest BCUT2D eigenvalue weighted by Crippen LogP contribution is -1.95. The van der Waals surface area contributed by atoms with Crippen LogP contribution in [0.5, 0.6) is 5.75 Å². The highest BCUT2D eigenvalue weighted by atomic mass is 35.5. The molecular weight excluding hydrogens is 280 g/mol. The van der Waals surface area contributed by atoms with Gasteiger partial charge < -0.3 is 4.74 Å². The molecule has 2 rings (SSSR count). The van der Waals surface area contributed by atoms with E-state index < -0.39 is 0 Å². The fourth-order valence-electron chi connectivity index (χ4n) is 2.08. The molecule has 0 heterocycles. The van der Waals surface area contributed by atoms with Crippen molar-refractivity contribution in [2.75, 3.05) is 0 Å². The molecule has 2 heteroatoms. The third-order valence-corrected chi connectivity index (χ3v) is 3.49. The summed E-state index contributed by atoms with van der Waals surface area (Å²) in [4.78, 5) is 0. The summed E-state index contributed by atoms with van der Waals surface area (Å²) in [6.45, 7) is 4.26. The zero-order chi connectivity index (χ0) is 15.1. The molecule has 1 nitrogen and oxygen atoms in total. The van der Waals surface area contributed by atoms with Crippen LogP contribution in [0.25, 0.3) is 5.76 Å². The van der Waals surface area contributed by atoms with Crippen LogP contribution in [-0.4, -0.2) is 0 Å². The number of unbranched alkanes of at least 4 members (excludes halogenated alkanes) is 2. The lowest BCUT2D eigenvalue weighted by molar-refractivity contribution is 0.511. The topological polar surface area (TPSA) is 9.23 Å². The molecule has 0 aromatic heterocycles. The van der Waals surface area contributed by atoms with Gasteiger partial charge in [-0.15, -0.1) is 0 Å². The molecule has 2 aromatic rings. The summed E-state index contributed by atoms with van der Waals surface area (Å²) in [6.07, 6.45) is 5.51. The van der Waals surface area contributed by atoms with Crippen molar-refractivity contribution in [3.8, 4) is 5.75 Å². The molecule has 0 spiro atoms. The molecule has 0 radical (unpaired) electrons. The average molecular weight is 301 g/mol. The molecule has 0 atom stereocenters. The summed E-state index contributed by atoms with van der Waals surface area (Å²) in [5.41, 5.74) is 2.24. The molecule has 0 aliphatic rings. The van der Waals surface area contributed by atoms with Crippen molar-refractivity contribution >= 4 is 17.4 Å². The average Bonchev–Trinajstić information content (AvgIpc) is 2.47. The number of allylic oxidation sites excluding steroid dienone is 1. The van der Waals surface area contributed by atoms with Gasteiger partial charge in [0, 0.05) is 10.6 Å². The summed E-state index contributed by atoms with van der Waals surface area (Å²) in [5, 5.41) is 0.738. The highest BCUT2D eigenvalue weighted by Crippen LogP contribution is 2.24. The van der Waals surface area contributed by atoms with Gasteiger partial charge in [0.15, 0.2) is 0 Å². The second kappa shape index (κ2) is 7.90. The van der Waals surface area contributed by atoms with Gasteiger partial charge in [-0.3, -0.25) is 0 Å². The number of aryl methyl sites for hydroxylation is 1. The molecule has 21 heavy (non-hydrogen) atoms. The van der Waals surface area contributed by atoms with Gasteiger partial charge in [0.2, 0.25) is 0 Å². The quantitative estimate of drug-likeness (QED) is 0.452. The first-order valence-corrected chi connectivity index (χ1v) is 7.77. The molecule has 0 saturated carbocycles.